The molecule has 0 saturated carbocycles. The van der Waals surface area contributed by atoms with Crippen LogP contribution >= 0.6 is 10.0 Å². The van der Waals surface area contributed by atoms with Gasteiger partial charge in [-0.3, -0.25) is 0 Å². The fourth-order valence-corrected chi connectivity index (χ4v) is 13.1. The van der Waals surface area contributed by atoms with Gasteiger partial charge in [0.25, 0.3) is 0 Å². The van der Waals surface area contributed by atoms with E-state index in [1.165, 1.54) is 0 Å². The highest BCUT2D eigenvalue weighted by Gasteiger charge is 2.47. The summed E-state index contributed by atoms with van der Waals surface area (Å²) in [5.74, 6) is -0.694. The molecule has 1 aliphatic rings. The number of fused-ring (bicyclic) bond motifs is 3. The van der Waals surface area contributed by atoms with Crippen molar-refractivity contribution in [1.29, 1.82) is 0 Å². The monoisotopic (exact) mass is 783 g/mol. The minimum absolute atomic E-state index is 0.313. The van der Waals surface area contributed by atoms with Gasteiger partial charge in [-0.2, -0.15) is 0 Å². The molecule has 0 saturated heterocycles. The maximum atomic E-state index is 18.1. The Bertz CT molecular complexity index is 2720. The predicted molar refractivity (Wildman–Crippen MR) is 238 cm³/mol. The Hall–Kier alpha value is -7.01. The number of benzene rings is 9. The molecule has 0 N–H and O–H groups in total. The molecule has 1 nitrogen and oxygen atoms in total. The van der Waals surface area contributed by atoms with Crippen LogP contribution in [-0.4, -0.2) is 0 Å². The highest BCUT2D eigenvalue weighted by molar-refractivity contribution is 8.34. The van der Waals surface area contributed by atoms with E-state index in [1.807, 2.05) is 163 Å². The Morgan fingerprint density at radius 2 is 0.729 bits per heavy atom. The van der Waals surface area contributed by atoms with Gasteiger partial charge in [0.15, 0.2) is 0 Å². The van der Waals surface area contributed by atoms with Gasteiger partial charge in [-0.05, 0) is 118 Å². The zero-order valence-corrected chi connectivity index (χ0v) is 32.9. The molecule has 284 valence electrons. The van der Waals surface area contributed by atoms with Gasteiger partial charge >= 0.3 is 0 Å². The second-order valence-corrected chi connectivity index (χ2v) is 17.8. The number of rotatable bonds is 9. The molecule has 4 heteroatoms. The molecule has 0 unspecified atom stereocenters. The van der Waals surface area contributed by atoms with Gasteiger partial charge in [0.1, 0.15) is 11.6 Å². The fourth-order valence-electron chi connectivity index (χ4n) is 9.17. The topological polar surface area (TPSA) is 3.24 Å². The Kier molecular flexibility index (Phi) is 9.27. The first-order valence-electron chi connectivity index (χ1n) is 19.8. The van der Waals surface area contributed by atoms with Crippen LogP contribution in [0.3, 0.4) is 0 Å². The summed E-state index contributed by atoms with van der Waals surface area (Å²) >= 11 is 0. The summed E-state index contributed by atoms with van der Waals surface area (Å²) in [6.07, 6.45) is 0. The van der Waals surface area contributed by atoms with Gasteiger partial charge in [-0.25, -0.2) is 8.78 Å². The van der Waals surface area contributed by atoms with Crippen molar-refractivity contribution < 1.29 is 8.78 Å². The van der Waals surface area contributed by atoms with E-state index in [2.05, 4.69) is 66.7 Å². The summed E-state index contributed by atoms with van der Waals surface area (Å²) in [4.78, 5) is 5.66. The lowest BCUT2D eigenvalue weighted by molar-refractivity contribution is 0.592. The van der Waals surface area contributed by atoms with E-state index < -0.39 is 15.4 Å². The molecule has 0 radical (unpaired) electrons. The van der Waals surface area contributed by atoms with E-state index in [0.717, 1.165) is 59.4 Å². The summed E-state index contributed by atoms with van der Waals surface area (Å²) in [7, 11) is -2.30. The second kappa shape index (κ2) is 15.1. The van der Waals surface area contributed by atoms with Gasteiger partial charge in [0, 0.05) is 31.0 Å². The van der Waals surface area contributed by atoms with Crippen molar-refractivity contribution in [3.05, 3.63) is 270 Å². The van der Waals surface area contributed by atoms with Crippen LogP contribution in [-0.2, 0) is 5.41 Å². The molecule has 0 fully saturated rings. The third-order valence-corrected chi connectivity index (χ3v) is 15.5. The quantitative estimate of drug-likeness (QED) is 0.141. The molecule has 9 aromatic rings. The lowest BCUT2D eigenvalue weighted by Gasteiger charge is -2.42. The smallest absolute Gasteiger partial charge is 0.147 e. The van der Waals surface area contributed by atoms with Crippen molar-refractivity contribution >= 4 is 27.1 Å². The average Bonchev–Trinajstić information content (AvgIpc) is 3.61. The van der Waals surface area contributed by atoms with Crippen LogP contribution in [0.5, 0.6) is 0 Å². The number of halogens is 2. The molecule has 0 amide bonds. The molecule has 0 bridgehead atoms. The zero-order chi connectivity index (χ0) is 39.8. The third-order valence-electron chi connectivity index (χ3n) is 11.6. The number of hydrogen-bond acceptors (Lipinski definition) is 1. The van der Waals surface area contributed by atoms with E-state index >= 15 is 8.78 Å². The second-order valence-electron chi connectivity index (χ2n) is 14.7. The van der Waals surface area contributed by atoms with E-state index in [9.17, 15) is 0 Å². The van der Waals surface area contributed by atoms with Crippen molar-refractivity contribution in [2.24, 2.45) is 0 Å². The van der Waals surface area contributed by atoms with Gasteiger partial charge in [0.05, 0.1) is 11.1 Å². The zero-order valence-electron chi connectivity index (χ0n) is 32.1. The minimum atomic E-state index is -2.30. The predicted octanol–water partition coefficient (Wildman–Crippen LogP) is 15.1. The molecule has 59 heavy (non-hydrogen) atoms. The number of nitrogens with zero attached hydrogens (tertiary/aromatic N) is 1. The summed E-state index contributed by atoms with van der Waals surface area (Å²) in [6, 6.07) is 78.5. The van der Waals surface area contributed by atoms with Gasteiger partial charge in [0.2, 0.25) is 0 Å². The van der Waals surface area contributed by atoms with Crippen LogP contribution in [0.25, 0.3) is 11.1 Å². The molecule has 0 spiro atoms. The summed E-state index contributed by atoms with van der Waals surface area (Å²) < 4.78 is 35.4. The molecule has 0 aromatic heterocycles. The molecule has 0 aliphatic heterocycles. The van der Waals surface area contributed by atoms with Crippen LogP contribution in [0.4, 0.5) is 25.8 Å². The molecular weight excluding hydrogens is 745 g/mol. The van der Waals surface area contributed by atoms with E-state index in [-0.39, 0.29) is 11.6 Å². The largest absolute Gasteiger partial charge is 0.308 e. The Morgan fingerprint density at radius 1 is 0.356 bits per heavy atom. The van der Waals surface area contributed by atoms with Crippen LogP contribution in [0.2, 0.25) is 0 Å². The lowest BCUT2D eigenvalue weighted by Crippen LogP contribution is -2.29. The fraction of sp³-hybridized carbons (Fsp3) is 0.0182. The van der Waals surface area contributed by atoms with Crippen molar-refractivity contribution in [3.8, 4) is 11.1 Å². The third kappa shape index (κ3) is 5.82. The first-order valence-corrected chi connectivity index (χ1v) is 21.4. The van der Waals surface area contributed by atoms with E-state index in [1.54, 1.807) is 12.1 Å². The van der Waals surface area contributed by atoms with Crippen molar-refractivity contribution in [1.82, 2.24) is 0 Å². The summed E-state index contributed by atoms with van der Waals surface area (Å²) in [5.41, 5.74) is 6.59. The average molecular weight is 784 g/mol. The maximum Gasteiger partial charge on any atom is 0.147 e. The van der Waals surface area contributed by atoms with E-state index in [0.29, 0.717) is 10.6 Å². The molecule has 0 heterocycles. The first-order chi connectivity index (χ1) is 29.1. The molecule has 0 atom stereocenters. The first kappa shape index (κ1) is 36.3. The van der Waals surface area contributed by atoms with Gasteiger partial charge in [-0.15, -0.1) is 10.0 Å². The maximum absolute atomic E-state index is 18.1. The molecule has 9 aromatic carbocycles. The number of hydrogen-bond donors (Lipinski definition) is 0. The summed E-state index contributed by atoms with van der Waals surface area (Å²) in [6.45, 7) is 0. The summed E-state index contributed by atoms with van der Waals surface area (Å²) in [5, 5.41) is 0. The minimum Gasteiger partial charge on any atom is -0.308 e. The van der Waals surface area contributed by atoms with Crippen LogP contribution in [0, 0.1) is 11.6 Å². The van der Waals surface area contributed by atoms with Crippen LogP contribution in [0.15, 0.2) is 256 Å². The lowest BCUT2D eigenvalue weighted by atomic mass is 9.67. The molecule has 10 rings (SSSR count). The van der Waals surface area contributed by atoms with E-state index in [4.69, 9.17) is 0 Å². The van der Waals surface area contributed by atoms with Crippen molar-refractivity contribution in [2.75, 3.05) is 4.90 Å². The van der Waals surface area contributed by atoms with Gasteiger partial charge < -0.3 is 4.90 Å². The molecular formula is C55H39F2NS. The molecule has 1 aliphatic carbocycles. The highest BCUT2D eigenvalue weighted by atomic mass is 32.3. The Balaban J connectivity index is 1.23. The van der Waals surface area contributed by atoms with Crippen LogP contribution < -0.4 is 4.90 Å². The number of anilines is 3. The Labute approximate surface area is 345 Å². The standard InChI is InChI=1S/C55H39F2NS/c56-51-38-40(34-36-53(51)58(42-20-6-1-7-21-42)43-22-8-2-9-23-43)55(49-32-18-16-30-47(49)48-31-17-19-33-50(48)55)41-35-37-54(52(57)39-41)59(44-24-10-3-11-25-44,45-26-12-4-13-27-45)46-28-14-5-15-29-46/h1-39H. The Morgan fingerprint density at radius 3 is 1.15 bits per heavy atom. The van der Waals surface area contributed by atoms with Crippen molar-refractivity contribution in [3.63, 3.8) is 0 Å². The highest BCUT2D eigenvalue weighted by Crippen LogP contribution is 2.74. The van der Waals surface area contributed by atoms with Crippen LogP contribution in [0.1, 0.15) is 22.3 Å². The normalized spacial score (nSPS) is 13.0. The SMILES string of the molecule is Fc1cc(C2(c3ccc(S(c4ccccc4)(c4ccccc4)c4ccccc4)c(F)c3)c3ccccc3-c3ccccc32)ccc1N(c1ccccc1)c1ccccc1. The van der Waals surface area contributed by atoms with Gasteiger partial charge in [-0.1, -0.05) is 152 Å². The van der Waals surface area contributed by atoms with Crippen molar-refractivity contribution in [2.45, 2.75) is 25.0 Å². The number of para-hydroxylation sites is 2.